The largest absolute Gasteiger partial charge is 0.391 e. The first-order valence-electron chi connectivity index (χ1n) is 8.06. The molecule has 0 saturated carbocycles. The van der Waals surface area contributed by atoms with Crippen LogP contribution in [-0.2, 0) is 6.54 Å². The van der Waals surface area contributed by atoms with Crippen molar-refractivity contribution in [2.75, 3.05) is 19.6 Å². The number of likely N-dealkylation sites (tertiary alicyclic amines) is 1. The Hall–Kier alpha value is -2.34. The van der Waals surface area contributed by atoms with Crippen molar-refractivity contribution >= 4 is 5.96 Å². The van der Waals surface area contributed by atoms with Crippen LogP contribution in [-0.4, -0.2) is 51.5 Å². The molecule has 1 atom stereocenters. The summed E-state index contributed by atoms with van der Waals surface area (Å²) in [4.78, 5) is 6.81. The zero-order chi connectivity index (χ0) is 16.1. The zero-order valence-corrected chi connectivity index (χ0v) is 13.4. The van der Waals surface area contributed by atoms with Gasteiger partial charge in [0.25, 0.3) is 0 Å². The average molecular weight is 313 g/mol. The van der Waals surface area contributed by atoms with E-state index in [-0.39, 0.29) is 6.10 Å². The average Bonchev–Trinajstić information content (AvgIpc) is 3.23. The lowest BCUT2D eigenvalue weighted by Crippen LogP contribution is -2.40. The van der Waals surface area contributed by atoms with Crippen LogP contribution in [0.2, 0.25) is 0 Å². The van der Waals surface area contributed by atoms with Crippen LogP contribution in [0, 0.1) is 0 Å². The third-order valence-electron chi connectivity index (χ3n) is 3.91. The molecule has 3 rings (SSSR count). The van der Waals surface area contributed by atoms with E-state index in [1.54, 1.807) is 6.20 Å². The van der Waals surface area contributed by atoms with Crippen LogP contribution in [0.1, 0.15) is 18.9 Å². The summed E-state index contributed by atoms with van der Waals surface area (Å²) >= 11 is 0. The minimum atomic E-state index is -0.243. The number of hydrogen-bond donors (Lipinski definition) is 2. The molecule has 2 aromatic rings. The Morgan fingerprint density at radius 1 is 1.39 bits per heavy atom. The molecule has 1 aliphatic rings. The first-order valence-corrected chi connectivity index (χ1v) is 8.06. The Balaban J connectivity index is 1.67. The van der Waals surface area contributed by atoms with E-state index in [0.717, 1.165) is 36.7 Å². The molecular formula is C17H23N5O. The lowest BCUT2D eigenvalue weighted by atomic mass is 10.2. The predicted molar refractivity (Wildman–Crippen MR) is 90.6 cm³/mol. The summed E-state index contributed by atoms with van der Waals surface area (Å²) in [5.74, 6) is 0.875. The molecule has 122 valence electrons. The molecule has 23 heavy (non-hydrogen) atoms. The molecular weight excluding hydrogens is 290 g/mol. The highest BCUT2D eigenvalue weighted by Gasteiger charge is 2.22. The molecule has 0 amide bonds. The quantitative estimate of drug-likeness (QED) is 0.661. The number of aliphatic imine (C=N–C) groups is 1. The number of aliphatic hydroxyl groups excluding tert-OH is 1. The van der Waals surface area contributed by atoms with Gasteiger partial charge in [0.15, 0.2) is 5.96 Å². The Morgan fingerprint density at radius 3 is 2.83 bits per heavy atom. The summed E-state index contributed by atoms with van der Waals surface area (Å²) in [7, 11) is 0. The minimum absolute atomic E-state index is 0.243. The smallest absolute Gasteiger partial charge is 0.194 e. The van der Waals surface area contributed by atoms with Crippen LogP contribution in [0.15, 0.2) is 47.7 Å². The molecule has 2 heterocycles. The van der Waals surface area contributed by atoms with E-state index in [0.29, 0.717) is 13.1 Å². The van der Waals surface area contributed by atoms with Crippen molar-refractivity contribution in [3.05, 3.63) is 48.3 Å². The first-order chi connectivity index (χ1) is 11.3. The van der Waals surface area contributed by atoms with Crippen LogP contribution in [0.4, 0.5) is 0 Å². The lowest BCUT2D eigenvalue weighted by Gasteiger charge is -2.20. The molecule has 0 bridgehead atoms. The zero-order valence-electron chi connectivity index (χ0n) is 13.4. The molecule has 0 aliphatic carbocycles. The van der Waals surface area contributed by atoms with E-state index < -0.39 is 0 Å². The van der Waals surface area contributed by atoms with Gasteiger partial charge in [-0.05, 0) is 37.1 Å². The van der Waals surface area contributed by atoms with Crippen LogP contribution < -0.4 is 5.32 Å². The van der Waals surface area contributed by atoms with Crippen molar-refractivity contribution in [1.82, 2.24) is 20.0 Å². The Bertz CT molecular complexity index is 636. The third-order valence-corrected chi connectivity index (χ3v) is 3.91. The van der Waals surface area contributed by atoms with Crippen LogP contribution in [0.3, 0.4) is 0 Å². The molecule has 6 heteroatoms. The fraction of sp³-hybridized carbons (Fsp3) is 0.412. The molecule has 1 aromatic heterocycles. The van der Waals surface area contributed by atoms with Crippen LogP contribution >= 0.6 is 0 Å². The van der Waals surface area contributed by atoms with Gasteiger partial charge in [0.2, 0.25) is 0 Å². The normalized spacial score (nSPS) is 18.4. The van der Waals surface area contributed by atoms with Gasteiger partial charge in [-0.3, -0.25) is 0 Å². The maximum absolute atomic E-state index is 9.69. The Kier molecular flexibility index (Phi) is 4.92. The predicted octanol–water partition coefficient (Wildman–Crippen LogP) is 1.40. The number of nitrogens with zero attached hydrogens (tertiary/aromatic N) is 4. The van der Waals surface area contributed by atoms with E-state index in [2.05, 4.69) is 34.4 Å². The highest BCUT2D eigenvalue weighted by atomic mass is 16.3. The monoisotopic (exact) mass is 313 g/mol. The number of benzene rings is 1. The molecule has 1 aliphatic heterocycles. The molecule has 0 radical (unpaired) electrons. The highest BCUT2D eigenvalue weighted by Crippen LogP contribution is 2.12. The van der Waals surface area contributed by atoms with Crippen LogP contribution in [0.5, 0.6) is 0 Å². The van der Waals surface area contributed by atoms with E-state index in [9.17, 15) is 5.11 Å². The number of guanidine groups is 1. The Morgan fingerprint density at radius 2 is 2.22 bits per heavy atom. The van der Waals surface area contributed by atoms with Gasteiger partial charge in [-0.1, -0.05) is 12.1 Å². The summed E-state index contributed by atoms with van der Waals surface area (Å²) in [6, 6.07) is 10.1. The van der Waals surface area contributed by atoms with Crippen molar-refractivity contribution in [2.24, 2.45) is 4.99 Å². The second-order valence-electron chi connectivity index (χ2n) is 5.68. The molecule has 1 fully saturated rings. The van der Waals surface area contributed by atoms with E-state index in [4.69, 9.17) is 4.99 Å². The molecule has 1 aromatic carbocycles. The van der Waals surface area contributed by atoms with Crippen molar-refractivity contribution in [1.29, 1.82) is 0 Å². The molecule has 0 spiro atoms. The van der Waals surface area contributed by atoms with Gasteiger partial charge < -0.3 is 15.3 Å². The minimum Gasteiger partial charge on any atom is -0.391 e. The number of hydrogen-bond acceptors (Lipinski definition) is 3. The summed E-state index contributed by atoms with van der Waals surface area (Å²) in [6.07, 6.45) is 4.26. The second kappa shape index (κ2) is 7.28. The van der Waals surface area contributed by atoms with Crippen LogP contribution in [0.25, 0.3) is 5.69 Å². The lowest BCUT2D eigenvalue weighted by molar-refractivity contribution is 0.188. The van der Waals surface area contributed by atoms with Gasteiger partial charge in [-0.2, -0.15) is 5.10 Å². The summed E-state index contributed by atoms with van der Waals surface area (Å²) in [6.45, 7) is 5.01. The van der Waals surface area contributed by atoms with Gasteiger partial charge in [0.05, 0.1) is 18.3 Å². The SMILES string of the molecule is CCNC(=NCc1ccc(-n2cccn2)cc1)N1CC[C@@H](O)C1. The fourth-order valence-electron chi connectivity index (χ4n) is 2.70. The van der Waals surface area contributed by atoms with Crippen molar-refractivity contribution in [2.45, 2.75) is 26.0 Å². The summed E-state index contributed by atoms with van der Waals surface area (Å²) < 4.78 is 1.84. The van der Waals surface area contributed by atoms with Crippen molar-refractivity contribution in [3.63, 3.8) is 0 Å². The summed E-state index contributed by atoms with van der Waals surface area (Å²) in [5, 5.41) is 17.2. The molecule has 6 nitrogen and oxygen atoms in total. The van der Waals surface area contributed by atoms with E-state index in [1.165, 1.54) is 0 Å². The maximum atomic E-state index is 9.69. The van der Waals surface area contributed by atoms with Gasteiger partial charge in [-0.25, -0.2) is 9.67 Å². The highest BCUT2D eigenvalue weighted by molar-refractivity contribution is 5.80. The van der Waals surface area contributed by atoms with Gasteiger partial charge in [0, 0.05) is 32.0 Å². The van der Waals surface area contributed by atoms with E-state index >= 15 is 0 Å². The van der Waals surface area contributed by atoms with Crippen molar-refractivity contribution in [3.8, 4) is 5.69 Å². The van der Waals surface area contributed by atoms with E-state index in [1.807, 2.05) is 29.1 Å². The standard InChI is InChI=1S/C17H23N5O/c1-2-18-17(21-11-8-16(23)13-21)19-12-14-4-6-15(7-5-14)22-10-3-9-20-22/h3-7,9-10,16,23H,2,8,11-13H2,1H3,(H,18,19)/t16-/m1/s1. The number of aromatic nitrogens is 2. The third kappa shape index (κ3) is 3.90. The molecule has 1 saturated heterocycles. The maximum Gasteiger partial charge on any atom is 0.194 e. The second-order valence-corrected chi connectivity index (χ2v) is 5.68. The number of aliphatic hydroxyl groups is 1. The number of nitrogens with one attached hydrogen (secondary N) is 1. The molecule has 2 N–H and O–H groups in total. The Labute approximate surface area is 136 Å². The fourth-order valence-corrected chi connectivity index (χ4v) is 2.70. The van der Waals surface area contributed by atoms with Crippen molar-refractivity contribution < 1.29 is 5.11 Å². The van der Waals surface area contributed by atoms with Gasteiger partial charge in [0.1, 0.15) is 0 Å². The number of rotatable bonds is 4. The summed E-state index contributed by atoms with van der Waals surface area (Å²) in [5.41, 5.74) is 2.19. The molecule has 0 unspecified atom stereocenters. The first kappa shape index (κ1) is 15.6. The topological polar surface area (TPSA) is 65.7 Å². The van der Waals surface area contributed by atoms with Gasteiger partial charge in [-0.15, -0.1) is 0 Å². The van der Waals surface area contributed by atoms with Gasteiger partial charge >= 0.3 is 0 Å². The number of β-amino-alcohol motifs (C(OH)–C–C–N with tert-alkyl or cyclic N) is 1.